The third kappa shape index (κ3) is 3.45. The third-order valence-corrected chi connectivity index (χ3v) is 2.60. The lowest BCUT2D eigenvalue weighted by Gasteiger charge is -2.18. The summed E-state index contributed by atoms with van der Waals surface area (Å²) in [6, 6.07) is 3.68. The van der Waals surface area contributed by atoms with E-state index in [-0.39, 0.29) is 5.41 Å². The van der Waals surface area contributed by atoms with Gasteiger partial charge in [0.2, 0.25) is 0 Å². The highest BCUT2D eigenvalue weighted by Crippen LogP contribution is 2.22. The molecule has 0 unspecified atom stereocenters. The standard InChI is InChI=1S/C13H19N5O/c1-13(2,3)12-16-10(6-11(17-12)18-14)15-7-9-4-5-19-8-9/h4-6,8H,7,14H2,1-3H3,(H2,15,16,17,18). The van der Waals surface area contributed by atoms with Gasteiger partial charge in [-0.05, 0) is 6.07 Å². The van der Waals surface area contributed by atoms with Crippen LogP contribution in [-0.4, -0.2) is 9.97 Å². The Bertz CT molecular complexity index is 530. The molecular formula is C13H19N5O. The van der Waals surface area contributed by atoms with E-state index in [1.165, 1.54) is 0 Å². The Morgan fingerprint density at radius 3 is 2.58 bits per heavy atom. The lowest BCUT2D eigenvalue weighted by atomic mass is 9.96. The maximum atomic E-state index is 5.44. The number of anilines is 2. The van der Waals surface area contributed by atoms with Gasteiger partial charge < -0.3 is 15.2 Å². The first kappa shape index (κ1) is 13.4. The number of furan rings is 1. The van der Waals surface area contributed by atoms with Gasteiger partial charge in [-0.3, -0.25) is 0 Å². The van der Waals surface area contributed by atoms with Crippen LogP contribution in [0.1, 0.15) is 32.2 Å². The molecule has 0 bridgehead atoms. The molecule has 0 aliphatic carbocycles. The average Bonchev–Trinajstić information content (AvgIpc) is 2.88. The van der Waals surface area contributed by atoms with Crippen molar-refractivity contribution in [3.05, 3.63) is 36.0 Å². The normalized spacial score (nSPS) is 11.4. The van der Waals surface area contributed by atoms with Crippen LogP contribution in [0.5, 0.6) is 0 Å². The quantitative estimate of drug-likeness (QED) is 0.578. The number of rotatable bonds is 4. The highest BCUT2D eigenvalue weighted by Gasteiger charge is 2.19. The van der Waals surface area contributed by atoms with Crippen LogP contribution in [-0.2, 0) is 12.0 Å². The Morgan fingerprint density at radius 1 is 1.26 bits per heavy atom. The molecule has 0 radical (unpaired) electrons. The molecule has 0 fully saturated rings. The summed E-state index contributed by atoms with van der Waals surface area (Å²) in [6.45, 7) is 6.81. The Balaban J connectivity index is 2.19. The van der Waals surface area contributed by atoms with Gasteiger partial charge in [-0.1, -0.05) is 20.8 Å². The second-order valence-corrected chi connectivity index (χ2v) is 5.34. The highest BCUT2D eigenvalue weighted by atomic mass is 16.3. The van der Waals surface area contributed by atoms with Crippen molar-refractivity contribution in [2.75, 3.05) is 10.7 Å². The molecule has 2 heterocycles. The van der Waals surface area contributed by atoms with E-state index in [1.54, 1.807) is 18.6 Å². The van der Waals surface area contributed by atoms with Gasteiger partial charge in [0, 0.05) is 23.6 Å². The van der Waals surface area contributed by atoms with Crippen molar-refractivity contribution < 1.29 is 4.42 Å². The van der Waals surface area contributed by atoms with Crippen molar-refractivity contribution in [1.29, 1.82) is 0 Å². The first-order valence-electron chi connectivity index (χ1n) is 6.10. The van der Waals surface area contributed by atoms with Gasteiger partial charge in [0.25, 0.3) is 0 Å². The second-order valence-electron chi connectivity index (χ2n) is 5.34. The van der Waals surface area contributed by atoms with Crippen LogP contribution in [0.4, 0.5) is 11.6 Å². The SMILES string of the molecule is CC(C)(C)c1nc(NN)cc(NCc2ccoc2)n1. The fourth-order valence-corrected chi connectivity index (χ4v) is 1.53. The van der Waals surface area contributed by atoms with E-state index in [1.807, 2.05) is 6.07 Å². The Kier molecular flexibility index (Phi) is 3.71. The zero-order chi connectivity index (χ0) is 13.9. The van der Waals surface area contributed by atoms with Crippen molar-refractivity contribution in [3.8, 4) is 0 Å². The summed E-state index contributed by atoms with van der Waals surface area (Å²) in [7, 11) is 0. The fourth-order valence-electron chi connectivity index (χ4n) is 1.53. The molecule has 0 atom stereocenters. The van der Waals surface area contributed by atoms with Gasteiger partial charge in [-0.25, -0.2) is 15.8 Å². The molecule has 6 heteroatoms. The highest BCUT2D eigenvalue weighted by molar-refractivity contribution is 5.47. The lowest BCUT2D eigenvalue weighted by Crippen LogP contribution is -2.20. The van der Waals surface area contributed by atoms with Crippen LogP contribution < -0.4 is 16.6 Å². The van der Waals surface area contributed by atoms with Gasteiger partial charge in [0.05, 0.1) is 12.5 Å². The van der Waals surface area contributed by atoms with Crippen LogP contribution >= 0.6 is 0 Å². The number of aromatic nitrogens is 2. The minimum Gasteiger partial charge on any atom is -0.472 e. The summed E-state index contributed by atoms with van der Waals surface area (Å²) < 4.78 is 5.02. The minimum absolute atomic E-state index is 0.140. The maximum absolute atomic E-state index is 5.44. The molecular weight excluding hydrogens is 242 g/mol. The summed E-state index contributed by atoms with van der Waals surface area (Å²) >= 11 is 0. The first-order chi connectivity index (χ1) is 8.99. The van der Waals surface area contributed by atoms with E-state index < -0.39 is 0 Å². The van der Waals surface area contributed by atoms with Gasteiger partial charge in [-0.2, -0.15) is 0 Å². The van der Waals surface area contributed by atoms with Crippen molar-refractivity contribution in [2.24, 2.45) is 5.84 Å². The second kappa shape index (κ2) is 5.27. The number of hydrazine groups is 1. The van der Waals surface area contributed by atoms with Crippen molar-refractivity contribution in [1.82, 2.24) is 9.97 Å². The number of hydrogen-bond acceptors (Lipinski definition) is 6. The average molecular weight is 261 g/mol. The Morgan fingerprint density at radius 2 is 2.00 bits per heavy atom. The number of nitrogens with two attached hydrogens (primary N) is 1. The third-order valence-electron chi connectivity index (χ3n) is 2.60. The minimum atomic E-state index is -0.140. The van der Waals surface area contributed by atoms with E-state index >= 15 is 0 Å². The van der Waals surface area contributed by atoms with Crippen LogP contribution in [0.15, 0.2) is 29.1 Å². The van der Waals surface area contributed by atoms with Crippen molar-refractivity contribution in [2.45, 2.75) is 32.7 Å². The van der Waals surface area contributed by atoms with Crippen LogP contribution in [0, 0.1) is 0 Å². The zero-order valence-corrected chi connectivity index (χ0v) is 11.4. The molecule has 0 saturated heterocycles. The van der Waals surface area contributed by atoms with E-state index in [9.17, 15) is 0 Å². The molecule has 0 aliphatic heterocycles. The molecule has 2 aromatic heterocycles. The number of nitrogen functional groups attached to an aromatic ring is 1. The van der Waals surface area contributed by atoms with E-state index in [0.717, 1.165) is 17.2 Å². The predicted octanol–water partition coefficient (Wildman–Crippen LogP) is 2.26. The van der Waals surface area contributed by atoms with Crippen molar-refractivity contribution >= 4 is 11.6 Å². The molecule has 6 nitrogen and oxygen atoms in total. The predicted molar refractivity (Wildman–Crippen MR) is 74.6 cm³/mol. The summed E-state index contributed by atoms with van der Waals surface area (Å²) in [5, 5.41) is 3.23. The molecule has 2 aromatic rings. The van der Waals surface area contributed by atoms with E-state index in [2.05, 4.69) is 41.5 Å². The van der Waals surface area contributed by atoms with Crippen molar-refractivity contribution in [3.63, 3.8) is 0 Å². The van der Waals surface area contributed by atoms with Gasteiger partial charge in [-0.15, -0.1) is 0 Å². The van der Waals surface area contributed by atoms with Gasteiger partial charge >= 0.3 is 0 Å². The first-order valence-corrected chi connectivity index (χ1v) is 6.10. The number of nitrogens with one attached hydrogen (secondary N) is 2. The lowest BCUT2D eigenvalue weighted by molar-refractivity contribution is 0.546. The fraction of sp³-hybridized carbons (Fsp3) is 0.385. The Hall–Kier alpha value is -2.08. The summed E-state index contributed by atoms with van der Waals surface area (Å²) in [5.74, 6) is 7.50. The molecule has 19 heavy (non-hydrogen) atoms. The largest absolute Gasteiger partial charge is 0.472 e. The van der Waals surface area contributed by atoms with Crippen LogP contribution in [0.2, 0.25) is 0 Å². The molecule has 102 valence electrons. The van der Waals surface area contributed by atoms with Gasteiger partial charge in [0.15, 0.2) is 0 Å². The summed E-state index contributed by atoms with van der Waals surface area (Å²) in [5.41, 5.74) is 3.48. The van der Waals surface area contributed by atoms with E-state index in [4.69, 9.17) is 10.3 Å². The topological polar surface area (TPSA) is 89.0 Å². The van der Waals surface area contributed by atoms with Crippen LogP contribution in [0.3, 0.4) is 0 Å². The smallest absolute Gasteiger partial charge is 0.145 e. The number of hydrogen-bond donors (Lipinski definition) is 3. The summed E-state index contributed by atoms with van der Waals surface area (Å²) in [4.78, 5) is 8.87. The Labute approximate surface area is 112 Å². The number of nitrogens with zero attached hydrogens (tertiary/aromatic N) is 2. The van der Waals surface area contributed by atoms with E-state index in [0.29, 0.717) is 12.4 Å². The molecule has 0 saturated carbocycles. The molecule has 2 rings (SSSR count). The summed E-state index contributed by atoms with van der Waals surface area (Å²) in [6.07, 6.45) is 3.34. The molecule has 0 aliphatic rings. The molecule has 0 aromatic carbocycles. The maximum Gasteiger partial charge on any atom is 0.145 e. The van der Waals surface area contributed by atoms with Gasteiger partial charge in [0.1, 0.15) is 17.5 Å². The molecule has 0 spiro atoms. The van der Waals surface area contributed by atoms with Crippen LogP contribution in [0.25, 0.3) is 0 Å². The molecule has 4 N–H and O–H groups in total. The molecule has 0 amide bonds. The monoisotopic (exact) mass is 261 g/mol. The zero-order valence-electron chi connectivity index (χ0n) is 11.4.